The first-order chi connectivity index (χ1) is 6.15. The number of aryl methyl sites for hydroxylation is 3. The second kappa shape index (κ2) is 4.48. The van der Waals surface area contributed by atoms with Crippen molar-refractivity contribution < 1.29 is 0 Å². The molecule has 1 heteroatoms. The summed E-state index contributed by atoms with van der Waals surface area (Å²) in [6.07, 6.45) is 0. The maximum Gasteiger partial charge on any atom is 0.0649 e. The fourth-order valence-corrected chi connectivity index (χ4v) is 1.64. The molecule has 0 N–H and O–H groups in total. The molecule has 0 unspecified atom stereocenters. The molecule has 68 valence electrons. The Morgan fingerprint density at radius 1 is 1.15 bits per heavy atom. The smallest absolute Gasteiger partial charge is 0.0649 e. The van der Waals surface area contributed by atoms with Crippen molar-refractivity contribution in [3.8, 4) is 11.8 Å². The van der Waals surface area contributed by atoms with E-state index in [0.29, 0.717) is 0 Å². The molecular formula is C12H13Br. The molecule has 0 aromatic heterocycles. The summed E-state index contributed by atoms with van der Waals surface area (Å²) in [5.74, 6) is 6.19. The van der Waals surface area contributed by atoms with Gasteiger partial charge in [0.1, 0.15) is 0 Å². The summed E-state index contributed by atoms with van der Waals surface area (Å²) in [6.45, 7) is 6.33. The van der Waals surface area contributed by atoms with E-state index in [1.165, 1.54) is 22.3 Å². The van der Waals surface area contributed by atoms with Crippen LogP contribution in [0.5, 0.6) is 0 Å². The van der Waals surface area contributed by atoms with Gasteiger partial charge in [0.15, 0.2) is 0 Å². The third-order valence-corrected chi connectivity index (χ3v) is 2.24. The second-order valence-corrected chi connectivity index (χ2v) is 3.77. The van der Waals surface area contributed by atoms with Gasteiger partial charge < -0.3 is 0 Å². The van der Waals surface area contributed by atoms with Crippen LogP contribution in [0, 0.1) is 32.6 Å². The average Bonchev–Trinajstić information content (AvgIpc) is 2.02. The molecular weight excluding hydrogens is 224 g/mol. The third kappa shape index (κ3) is 2.60. The molecule has 13 heavy (non-hydrogen) atoms. The summed E-state index contributed by atoms with van der Waals surface area (Å²) in [4.78, 5) is 0. The van der Waals surface area contributed by atoms with E-state index in [0.717, 1.165) is 5.33 Å². The van der Waals surface area contributed by atoms with Crippen molar-refractivity contribution >= 4 is 15.9 Å². The van der Waals surface area contributed by atoms with Crippen LogP contribution in [0.4, 0.5) is 0 Å². The van der Waals surface area contributed by atoms with Crippen molar-refractivity contribution in [1.29, 1.82) is 0 Å². The summed E-state index contributed by atoms with van der Waals surface area (Å²) < 4.78 is 0. The molecule has 0 bridgehead atoms. The normalized spacial score (nSPS) is 9.23. The minimum absolute atomic E-state index is 0.736. The molecule has 0 saturated heterocycles. The Balaban J connectivity index is 3.21. The highest BCUT2D eigenvalue weighted by Gasteiger charge is 1.99. The Kier molecular flexibility index (Phi) is 3.57. The van der Waals surface area contributed by atoms with E-state index in [-0.39, 0.29) is 0 Å². The van der Waals surface area contributed by atoms with E-state index < -0.39 is 0 Å². The predicted molar refractivity (Wildman–Crippen MR) is 61.3 cm³/mol. The van der Waals surface area contributed by atoms with Crippen LogP contribution < -0.4 is 0 Å². The van der Waals surface area contributed by atoms with Gasteiger partial charge in [0.25, 0.3) is 0 Å². The lowest BCUT2D eigenvalue weighted by molar-refractivity contribution is 1.30. The number of benzene rings is 1. The van der Waals surface area contributed by atoms with E-state index in [1.807, 2.05) is 0 Å². The van der Waals surface area contributed by atoms with Crippen molar-refractivity contribution in [3.05, 3.63) is 34.4 Å². The van der Waals surface area contributed by atoms with Crippen molar-refractivity contribution in [1.82, 2.24) is 0 Å². The summed E-state index contributed by atoms with van der Waals surface area (Å²) >= 11 is 3.30. The van der Waals surface area contributed by atoms with Crippen molar-refractivity contribution in [2.45, 2.75) is 20.8 Å². The Morgan fingerprint density at radius 3 is 2.15 bits per heavy atom. The van der Waals surface area contributed by atoms with Crippen LogP contribution >= 0.6 is 15.9 Å². The van der Waals surface area contributed by atoms with Crippen molar-refractivity contribution in [3.63, 3.8) is 0 Å². The topological polar surface area (TPSA) is 0 Å². The molecule has 0 radical (unpaired) electrons. The first-order valence-corrected chi connectivity index (χ1v) is 5.40. The Hall–Kier alpha value is -0.740. The van der Waals surface area contributed by atoms with Crippen LogP contribution in [0.3, 0.4) is 0 Å². The van der Waals surface area contributed by atoms with Crippen molar-refractivity contribution in [2.24, 2.45) is 0 Å². The molecule has 1 aromatic rings. The molecule has 0 saturated carbocycles. The van der Waals surface area contributed by atoms with E-state index in [1.54, 1.807) is 0 Å². The maximum absolute atomic E-state index is 3.30. The maximum atomic E-state index is 3.30. The first-order valence-electron chi connectivity index (χ1n) is 4.28. The molecule has 0 atom stereocenters. The fraction of sp³-hybridized carbons (Fsp3) is 0.333. The Labute approximate surface area is 88.5 Å². The van der Waals surface area contributed by atoms with E-state index in [2.05, 4.69) is 60.7 Å². The van der Waals surface area contributed by atoms with Gasteiger partial charge in [0.05, 0.1) is 5.33 Å². The van der Waals surface area contributed by atoms with Gasteiger partial charge in [0, 0.05) is 5.56 Å². The van der Waals surface area contributed by atoms with Crippen LogP contribution in [0.1, 0.15) is 22.3 Å². The van der Waals surface area contributed by atoms with E-state index in [4.69, 9.17) is 0 Å². The number of halogens is 1. The lowest BCUT2D eigenvalue weighted by Crippen LogP contribution is -1.89. The number of hydrogen-bond acceptors (Lipinski definition) is 0. The Morgan fingerprint density at radius 2 is 1.69 bits per heavy atom. The van der Waals surface area contributed by atoms with Gasteiger partial charge in [-0.2, -0.15) is 0 Å². The highest BCUT2D eigenvalue weighted by atomic mass is 79.9. The van der Waals surface area contributed by atoms with Gasteiger partial charge in [-0.25, -0.2) is 0 Å². The number of alkyl halides is 1. The minimum Gasteiger partial charge on any atom is -0.0863 e. The minimum atomic E-state index is 0.736. The molecule has 0 fully saturated rings. The zero-order valence-electron chi connectivity index (χ0n) is 8.24. The van der Waals surface area contributed by atoms with Crippen LogP contribution in [0.25, 0.3) is 0 Å². The quantitative estimate of drug-likeness (QED) is 0.479. The van der Waals surface area contributed by atoms with Gasteiger partial charge in [-0.15, -0.1) is 0 Å². The van der Waals surface area contributed by atoms with Crippen LogP contribution in [0.15, 0.2) is 12.1 Å². The lowest BCUT2D eigenvalue weighted by atomic mass is 10.0. The fourth-order valence-electron chi connectivity index (χ4n) is 1.50. The summed E-state index contributed by atoms with van der Waals surface area (Å²) in [6, 6.07) is 4.34. The molecule has 1 aromatic carbocycles. The van der Waals surface area contributed by atoms with E-state index in [9.17, 15) is 0 Å². The molecule has 0 amide bonds. The van der Waals surface area contributed by atoms with Crippen LogP contribution in [-0.2, 0) is 0 Å². The Bertz CT molecular complexity index is 343. The average molecular weight is 237 g/mol. The summed E-state index contributed by atoms with van der Waals surface area (Å²) in [5.41, 5.74) is 5.02. The van der Waals surface area contributed by atoms with Gasteiger partial charge in [-0.1, -0.05) is 45.5 Å². The summed E-state index contributed by atoms with van der Waals surface area (Å²) in [7, 11) is 0. The molecule has 0 aliphatic heterocycles. The van der Waals surface area contributed by atoms with Crippen LogP contribution in [-0.4, -0.2) is 5.33 Å². The highest BCUT2D eigenvalue weighted by Crippen LogP contribution is 2.14. The van der Waals surface area contributed by atoms with E-state index >= 15 is 0 Å². The number of rotatable bonds is 0. The first kappa shape index (κ1) is 10.3. The van der Waals surface area contributed by atoms with Gasteiger partial charge in [-0.05, 0) is 31.9 Å². The SMILES string of the molecule is Cc1cc(C)c(C#CCBr)c(C)c1. The molecule has 0 aliphatic rings. The molecule has 1 rings (SSSR count). The molecule has 0 spiro atoms. The molecule has 0 nitrogen and oxygen atoms in total. The monoisotopic (exact) mass is 236 g/mol. The molecule has 0 heterocycles. The highest BCUT2D eigenvalue weighted by molar-refractivity contribution is 9.09. The third-order valence-electron chi connectivity index (χ3n) is 1.96. The standard InChI is InChI=1S/C12H13Br/c1-9-7-10(2)12(5-4-6-13)11(3)8-9/h7-8H,6H2,1-3H3. The van der Waals surface area contributed by atoms with Gasteiger partial charge >= 0.3 is 0 Å². The van der Waals surface area contributed by atoms with Gasteiger partial charge in [0.2, 0.25) is 0 Å². The largest absolute Gasteiger partial charge is 0.0863 e. The van der Waals surface area contributed by atoms with Crippen molar-refractivity contribution in [2.75, 3.05) is 5.33 Å². The molecule has 0 aliphatic carbocycles. The second-order valence-electron chi connectivity index (χ2n) is 3.21. The lowest BCUT2D eigenvalue weighted by Gasteiger charge is -2.04. The zero-order chi connectivity index (χ0) is 9.84. The van der Waals surface area contributed by atoms with Gasteiger partial charge in [-0.3, -0.25) is 0 Å². The predicted octanol–water partition coefficient (Wildman–Crippen LogP) is 3.36. The van der Waals surface area contributed by atoms with Crippen LogP contribution in [0.2, 0.25) is 0 Å². The zero-order valence-corrected chi connectivity index (χ0v) is 9.83. The number of hydrogen-bond donors (Lipinski definition) is 0. The summed E-state index contributed by atoms with van der Waals surface area (Å²) in [5, 5.41) is 0.736.